The van der Waals surface area contributed by atoms with Crippen molar-refractivity contribution in [1.29, 1.82) is 0 Å². The Morgan fingerprint density at radius 3 is 2.58 bits per heavy atom. The number of aromatic nitrogens is 1. The second kappa shape index (κ2) is 14.3. The Bertz CT molecular complexity index is 1240. The number of pyridine rings is 1. The maximum Gasteiger partial charge on any atom is 0.251 e. The maximum absolute atomic E-state index is 12.8. The minimum absolute atomic E-state index is 0.156. The van der Waals surface area contributed by atoms with Crippen LogP contribution in [0.3, 0.4) is 0 Å². The molecular weight excluding hydrogens is 474 g/mol. The topological polar surface area (TPSA) is 80.3 Å². The van der Waals surface area contributed by atoms with Crippen molar-refractivity contribution in [1.82, 2.24) is 10.3 Å². The number of hydrogen-bond donors (Lipinski definition) is 2. The smallest absolute Gasteiger partial charge is 0.251 e. The molecule has 0 unspecified atom stereocenters. The van der Waals surface area contributed by atoms with Crippen LogP contribution < -0.4 is 15.4 Å². The fourth-order valence-electron chi connectivity index (χ4n) is 3.21. The molecule has 0 aliphatic heterocycles. The lowest BCUT2D eigenvalue weighted by atomic mass is 10.1. The van der Waals surface area contributed by atoms with Gasteiger partial charge >= 0.3 is 0 Å². The third-order valence-corrected chi connectivity index (χ3v) is 5.16. The summed E-state index contributed by atoms with van der Waals surface area (Å²) in [6.07, 6.45) is 13.7. The van der Waals surface area contributed by atoms with Gasteiger partial charge in [-0.1, -0.05) is 55.8 Å². The van der Waals surface area contributed by atoms with E-state index in [1.807, 2.05) is 37.3 Å². The molecule has 2 N–H and O–H groups in total. The average Bonchev–Trinajstić information content (AvgIpc) is 2.85. The third-order valence-electron chi connectivity index (χ3n) is 4.92. The van der Waals surface area contributed by atoms with Crippen molar-refractivity contribution in [3.63, 3.8) is 0 Å². The van der Waals surface area contributed by atoms with E-state index in [9.17, 15) is 9.59 Å². The van der Waals surface area contributed by atoms with E-state index in [4.69, 9.17) is 16.3 Å². The van der Waals surface area contributed by atoms with E-state index < -0.39 is 0 Å². The van der Waals surface area contributed by atoms with Crippen LogP contribution in [0.15, 0.2) is 72.9 Å². The molecule has 1 heterocycles. The van der Waals surface area contributed by atoms with E-state index in [0.29, 0.717) is 45.9 Å². The second-order valence-electron chi connectivity index (χ2n) is 8.14. The summed E-state index contributed by atoms with van der Waals surface area (Å²) in [4.78, 5) is 29.1. The third kappa shape index (κ3) is 8.94. The van der Waals surface area contributed by atoms with Gasteiger partial charge in [0.1, 0.15) is 17.3 Å². The zero-order chi connectivity index (χ0) is 26.5. The molecule has 0 saturated heterocycles. The highest BCUT2D eigenvalue weighted by molar-refractivity contribution is 6.30. The fourth-order valence-corrected chi connectivity index (χ4v) is 3.42. The molecule has 7 heteroatoms. The van der Waals surface area contributed by atoms with E-state index in [-0.39, 0.29) is 18.2 Å². The molecule has 0 atom stereocenters. The van der Waals surface area contributed by atoms with Crippen molar-refractivity contribution in [3.8, 4) is 24.3 Å². The van der Waals surface area contributed by atoms with Gasteiger partial charge in [-0.15, -0.1) is 12.8 Å². The van der Waals surface area contributed by atoms with Crippen LogP contribution in [0, 0.1) is 25.7 Å². The first kappa shape index (κ1) is 28.2. The summed E-state index contributed by atoms with van der Waals surface area (Å²) >= 11 is 6.01. The lowest BCUT2D eigenvalue weighted by molar-refractivity contribution is -0.115. The Hall–Kier alpha value is -4.08. The van der Waals surface area contributed by atoms with Crippen molar-refractivity contribution in [2.24, 2.45) is 5.92 Å². The van der Waals surface area contributed by atoms with Crippen molar-refractivity contribution >= 4 is 29.2 Å². The van der Waals surface area contributed by atoms with Crippen molar-refractivity contribution < 1.29 is 14.3 Å². The summed E-state index contributed by atoms with van der Waals surface area (Å²) in [5.41, 5.74) is 2.13. The number of carbonyl (C=O) groups excluding carboxylic acids is 2. The summed E-state index contributed by atoms with van der Waals surface area (Å²) in [6, 6.07) is 16.0. The second-order valence-corrected chi connectivity index (χ2v) is 8.58. The van der Waals surface area contributed by atoms with E-state index in [1.165, 1.54) is 0 Å². The highest BCUT2D eigenvalue weighted by atomic mass is 35.5. The van der Waals surface area contributed by atoms with Crippen LogP contribution in [0.2, 0.25) is 5.02 Å². The number of benzene rings is 2. The number of halogens is 1. The molecular formula is C29H30ClN3O3. The number of rotatable bonds is 9. The van der Waals surface area contributed by atoms with Crippen LogP contribution in [0.1, 0.15) is 41.8 Å². The van der Waals surface area contributed by atoms with E-state index >= 15 is 0 Å². The number of terminal acetylenes is 1. The van der Waals surface area contributed by atoms with Crippen LogP contribution in [0.5, 0.6) is 11.5 Å². The molecule has 0 spiro atoms. The molecule has 3 rings (SSSR count). The number of nitrogens with one attached hydrogen (secondary N) is 2. The van der Waals surface area contributed by atoms with Gasteiger partial charge in [-0.05, 0) is 48.7 Å². The van der Waals surface area contributed by atoms with Gasteiger partial charge in [0, 0.05) is 41.4 Å². The predicted octanol–water partition coefficient (Wildman–Crippen LogP) is 6.56. The Kier molecular flexibility index (Phi) is 11.2. The molecule has 1 aromatic heterocycles. The molecule has 6 nitrogen and oxygen atoms in total. The monoisotopic (exact) mass is 503 g/mol. The van der Waals surface area contributed by atoms with Crippen molar-refractivity contribution in [2.45, 2.75) is 33.7 Å². The molecule has 0 fully saturated rings. The Balaban J connectivity index is 0.00000222. The van der Waals surface area contributed by atoms with Crippen molar-refractivity contribution in [2.75, 3.05) is 5.32 Å². The van der Waals surface area contributed by atoms with Crippen molar-refractivity contribution in [3.05, 3.63) is 94.7 Å². The summed E-state index contributed by atoms with van der Waals surface area (Å²) in [6.45, 7) is 6.30. The number of hydrogen-bond acceptors (Lipinski definition) is 4. The number of allylic oxidation sites excluding steroid dienone is 1. The lowest BCUT2D eigenvalue weighted by Crippen LogP contribution is -2.23. The average molecular weight is 504 g/mol. The molecule has 0 saturated carbocycles. The molecule has 186 valence electrons. The van der Waals surface area contributed by atoms with Gasteiger partial charge in [0.15, 0.2) is 0 Å². The van der Waals surface area contributed by atoms with Crippen LogP contribution in [0.4, 0.5) is 5.82 Å². The Labute approximate surface area is 217 Å². The van der Waals surface area contributed by atoms with Crippen LogP contribution in [-0.4, -0.2) is 16.8 Å². The van der Waals surface area contributed by atoms with Crippen LogP contribution in [-0.2, 0) is 11.3 Å². The van der Waals surface area contributed by atoms with Crippen LogP contribution >= 0.6 is 11.6 Å². The zero-order valence-corrected chi connectivity index (χ0v) is 21.4. The standard InChI is InChI=1S/C27H28ClN3O3.C2H2/c1-18(2)7-4-12-26(32)31-25-16-22(13-14-29-25)34-24-11-6-10-23(19(24)3)27(33)30-17-20-8-5-9-21(28)15-20;1-2/h4-11,13-16,18H,12,17H2,1-3H3,(H,30,33)(H,29,31,32);1-2H/b7-4-;. The van der Waals surface area contributed by atoms with Gasteiger partial charge in [0.2, 0.25) is 5.91 Å². The Morgan fingerprint density at radius 2 is 1.86 bits per heavy atom. The minimum Gasteiger partial charge on any atom is -0.457 e. The van der Waals surface area contributed by atoms with Gasteiger partial charge in [0.05, 0.1) is 0 Å². The number of carbonyl (C=O) groups is 2. The highest BCUT2D eigenvalue weighted by Gasteiger charge is 2.13. The highest BCUT2D eigenvalue weighted by Crippen LogP contribution is 2.28. The maximum atomic E-state index is 12.8. The van der Waals surface area contributed by atoms with Gasteiger partial charge in [-0.3, -0.25) is 9.59 Å². The minimum atomic E-state index is -0.208. The zero-order valence-electron chi connectivity index (χ0n) is 20.6. The molecule has 2 aromatic carbocycles. The van der Waals surface area contributed by atoms with Gasteiger partial charge in [0.25, 0.3) is 5.91 Å². The normalized spacial score (nSPS) is 10.4. The van der Waals surface area contributed by atoms with E-state index in [0.717, 1.165) is 5.56 Å². The van der Waals surface area contributed by atoms with Gasteiger partial charge in [-0.25, -0.2) is 4.98 Å². The molecule has 0 aliphatic carbocycles. The first-order chi connectivity index (χ1) is 17.3. The summed E-state index contributed by atoms with van der Waals surface area (Å²) in [5.74, 6) is 1.46. The van der Waals surface area contributed by atoms with E-state index in [1.54, 1.807) is 42.6 Å². The van der Waals surface area contributed by atoms with Gasteiger partial charge < -0.3 is 15.4 Å². The molecule has 0 bridgehead atoms. The fraction of sp³-hybridized carbons (Fsp3) is 0.207. The SMILES string of the molecule is C#C.Cc1c(Oc2ccnc(NC(=O)C/C=C\C(C)C)c2)cccc1C(=O)NCc1cccc(Cl)c1. The number of amides is 2. The first-order valence-electron chi connectivity index (χ1n) is 11.4. The Morgan fingerprint density at radius 1 is 1.11 bits per heavy atom. The van der Waals surface area contributed by atoms with Crippen LogP contribution in [0.25, 0.3) is 0 Å². The molecule has 0 aliphatic rings. The first-order valence-corrected chi connectivity index (χ1v) is 11.8. The predicted molar refractivity (Wildman–Crippen MR) is 145 cm³/mol. The summed E-state index contributed by atoms with van der Waals surface area (Å²) < 4.78 is 6.01. The number of anilines is 1. The lowest BCUT2D eigenvalue weighted by Gasteiger charge is -2.13. The number of nitrogens with zero attached hydrogens (tertiary/aromatic N) is 1. The molecule has 2 amide bonds. The summed E-state index contributed by atoms with van der Waals surface area (Å²) in [7, 11) is 0. The molecule has 0 radical (unpaired) electrons. The van der Waals surface area contributed by atoms with E-state index in [2.05, 4.69) is 42.3 Å². The van der Waals surface area contributed by atoms with Gasteiger partial charge in [-0.2, -0.15) is 0 Å². The quantitative estimate of drug-likeness (QED) is 0.256. The largest absolute Gasteiger partial charge is 0.457 e. The molecule has 36 heavy (non-hydrogen) atoms. The molecule has 3 aromatic rings. The number of ether oxygens (including phenoxy) is 1. The summed E-state index contributed by atoms with van der Waals surface area (Å²) in [5, 5.41) is 6.30.